The van der Waals surface area contributed by atoms with Crippen molar-refractivity contribution in [2.75, 3.05) is 12.8 Å². The lowest BCUT2D eigenvalue weighted by atomic mass is 10.2. The molecule has 1 atom stereocenters. The molecule has 102 valence electrons. The second-order valence-corrected chi connectivity index (χ2v) is 7.33. The Morgan fingerprint density at radius 2 is 2.05 bits per heavy atom. The fourth-order valence-electron chi connectivity index (χ4n) is 1.86. The average Bonchev–Trinajstić information content (AvgIpc) is 2.81. The van der Waals surface area contributed by atoms with E-state index >= 15 is 0 Å². The van der Waals surface area contributed by atoms with E-state index in [1.165, 1.54) is 15.3 Å². The molecule has 1 N–H and O–H groups in total. The molecule has 0 spiro atoms. The maximum atomic E-state index is 5.97. The molecule has 0 aliphatic rings. The third kappa shape index (κ3) is 4.53. The second-order valence-electron chi connectivity index (χ2n) is 4.47. The first-order valence-corrected chi connectivity index (χ1v) is 8.47. The predicted octanol–water partition coefficient (Wildman–Crippen LogP) is 4.63. The van der Waals surface area contributed by atoms with Gasteiger partial charge in [-0.1, -0.05) is 29.8 Å². The summed E-state index contributed by atoms with van der Waals surface area (Å²) in [7, 11) is 2.03. The van der Waals surface area contributed by atoms with E-state index in [-0.39, 0.29) is 0 Å². The normalized spacial score (nSPS) is 12.6. The fraction of sp³-hybridized carbons (Fsp3) is 0.333. The Morgan fingerprint density at radius 3 is 2.68 bits per heavy atom. The van der Waals surface area contributed by atoms with Crippen molar-refractivity contribution in [3.05, 3.63) is 51.2 Å². The van der Waals surface area contributed by atoms with Gasteiger partial charge in [-0.25, -0.2) is 0 Å². The Bertz CT molecular complexity index is 524. The summed E-state index contributed by atoms with van der Waals surface area (Å²) in [5.41, 5.74) is 1.35. The van der Waals surface area contributed by atoms with Crippen LogP contribution in [0.25, 0.3) is 0 Å². The van der Waals surface area contributed by atoms with E-state index in [1.54, 1.807) is 11.3 Å². The van der Waals surface area contributed by atoms with Crippen LogP contribution < -0.4 is 5.32 Å². The highest BCUT2D eigenvalue weighted by Gasteiger charge is 2.10. The van der Waals surface area contributed by atoms with Crippen LogP contribution in [0.1, 0.15) is 10.4 Å². The molecule has 0 fully saturated rings. The number of hydrogen-bond acceptors (Lipinski definition) is 3. The zero-order valence-corrected chi connectivity index (χ0v) is 13.5. The van der Waals surface area contributed by atoms with Crippen LogP contribution >= 0.6 is 34.7 Å². The van der Waals surface area contributed by atoms with Crippen molar-refractivity contribution in [3.8, 4) is 0 Å². The summed E-state index contributed by atoms with van der Waals surface area (Å²) in [6.45, 7) is 2.16. The van der Waals surface area contributed by atoms with E-state index < -0.39 is 0 Å². The van der Waals surface area contributed by atoms with E-state index in [0.717, 1.165) is 16.5 Å². The predicted molar refractivity (Wildman–Crippen MR) is 87.8 cm³/mol. The molecular weight excluding hydrogens is 294 g/mol. The molecule has 1 heterocycles. The monoisotopic (exact) mass is 311 g/mol. The first-order chi connectivity index (χ1) is 9.19. The number of thioether (sulfide) groups is 1. The number of halogens is 1. The highest BCUT2D eigenvalue weighted by atomic mass is 35.5. The minimum absolute atomic E-state index is 0.472. The lowest BCUT2D eigenvalue weighted by Gasteiger charge is -2.15. The van der Waals surface area contributed by atoms with Crippen LogP contribution in [0.5, 0.6) is 0 Å². The van der Waals surface area contributed by atoms with Crippen molar-refractivity contribution in [2.45, 2.75) is 24.3 Å². The van der Waals surface area contributed by atoms with E-state index in [9.17, 15) is 0 Å². The Morgan fingerprint density at radius 1 is 1.26 bits per heavy atom. The third-order valence-corrected chi connectivity index (χ3v) is 5.61. The summed E-state index contributed by atoms with van der Waals surface area (Å²) < 4.78 is 0.872. The number of benzene rings is 1. The highest BCUT2D eigenvalue weighted by Crippen LogP contribution is 2.26. The molecule has 0 radical (unpaired) electrons. The zero-order chi connectivity index (χ0) is 13.7. The van der Waals surface area contributed by atoms with Crippen LogP contribution in [0, 0.1) is 6.92 Å². The summed E-state index contributed by atoms with van der Waals surface area (Å²) in [5, 5.41) is 3.39. The van der Waals surface area contributed by atoms with E-state index in [0.29, 0.717) is 6.04 Å². The smallest absolute Gasteiger partial charge is 0.0931 e. The van der Waals surface area contributed by atoms with E-state index in [4.69, 9.17) is 11.6 Å². The van der Waals surface area contributed by atoms with Gasteiger partial charge in [0, 0.05) is 21.6 Å². The maximum absolute atomic E-state index is 5.97. The summed E-state index contributed by atoms with van der Waals surface area (Å²) >= 11 is 9.56. The van der Waals surface area contributed by atoms with Gasteiger partial charge in [0.05, 0.1) is 4.34 Å². The molecule has 1 aromatic heterocycles. The molecule has 19 heavy (non-hydrogen) atoms. The van der Waals surface area contributed by atoms with Crippen LogP contribution in [0.2, 0.25) is 4.34 Å². The minimum atomic E-state index is 0.472. The molecule has 0 aliphatic carbocycles. The van der Waals surface area contributed by atoms with Crippen molar-refractivity contribution in [1.82, 2.24) is 5.32 Å². The van der Waals surface area contributed by atoms with Crippen molar-refractivity contribution in [2.24, 2.45) is 0 Å². The van der Waals surface area contributed by atoms with Gasteiger partial charge in [0.1, 0.15) is 0 Å². The van der Waals surface area contributed by atoms with Crippen molar-refractivity contribution < 1.29 is 0 Å². The Kier molecular flexibility index (Phi) is 5.76. The maximum Gasteiger partial charge on any atom is 0.0931 e. The molecule has 0 aliphatic heterocycles. The summed E-state index contributed by atoms with van der Waals surface area (Å²) in [6, 6.07) is 13.1. The number of aryl methyl sites for hydroxylation is 1. The van der Waals surface area contributed by atoms with Crippen molar-refractivity contribution in [1.29, 1.82) is 0 Å². The van der Waals surface area contributed by atoms with Crippen molar-refractivity contribution >= 4 is 34.7 Å². The molecule has 0 bridgehead atoms. The molecule has 1 unspecified atom stereocenters. The Hall–Kier alpha value is -0.480. The Labute approximate surface area is 128 Å². The Balaban J connectivity index is 1.91. The van der Waals surface area contributed by atoms with E-state index in [1.807, 2.05) is 24.9 Å². The largest absolute Gasteiger partial charge is 0.316 e. The average molecular weight is 312 g/mol. The number of nitrogens with one attached hydrogen (secondary N) is 1. The van der Waals surface area contributed by atoms with Gasteiger partial charge < -0.3 is 5.32 Å². The van der Waals surface area contributed by atoms with Gasteiger partial charge in [-0.3, -0.25) is 0 Å². The molecule has 0 saturated carbocycles. The van der Waals surface area contributed by atoms with Gasteiger partial charge in [-0.2, -0.15) is 0 Å². The van der Waals surface area contributed by atoms with Crippen LogP contribution in [0.4, 0.5) is 0 Å². The molecule has 0 saturated heterocycles. The first-order valence-electron chi connectivity index (χ1n) is 6.29. The quantitative estimate of drug-likeness (QED) is 0.780. The van der Waals surface area contributed by atoms with Crippen LogP contribution in [-0.4, -0.2) is 18.8 Å². The standard InChI is InChI=1S/C15H18ClNS2/c1-11-5-3-4-6-14(11)18-10-12(17-2)9-13-7-8-15(16)19-13/h3-8,12,17H,9-10H2,1-2H3. The summed E-state index contributed by atoms with van der Waals surface area (Å²) in [4.78, 5) is 2.71. The van der Waals surface area contributed by atoms with Crippen LogP contribution in [0.3, 0.4) is 0 Å². The lowest BCUT2D eigenvalue weighted by molar-refractivity contribution is 0.622. The van der Waals surface area contributed by atoms with Gasteiger partial charge in [-0.15, -0.1) is 23.1 Å². The second kappa shape index (κ2) is 7.34. The number of hydrogen-bond donors (Lipinski definition) is 1. The molecular formula is C15H18ClNS2. The number of rotatable bonds is 6. The SMILES string of the molecule is CNC(CSc1ccccc1C)Cc1ccc(Cl)s1. The fourth-order valence-corrected chi connectivity index (χ4v) is 4.16. The van der Waals surface area contributed by atoms with E-state index in [2.05, 4.69) is 42.6 Å². The number of likely N-dealkylation sites (N-methyl/N-ethyl adjacent to an activating group) is 1. The molecule has 2 aromatic rings. The van der Waals surface area contributed by atoms with Gasteiger partial charge in [0.2, 0.25) is 0 Å². The summed E-state index contributed by atoms with van der Waals surface area (Å²) in [6.07, 6.45) is 1.03. The van der Waals surface area contributed by atoms with Gasteiger partial charge >= 0.3 is 0 Å². The molecule has 4 heteroatoms. The van der Waals surface area contributed by atoms with Crippen molar-refractivity contribution in [3.63, 3.8) is 0 Å². The number of thiophene rings is 1. The van der Waals surface area contributed by atoms with Crippen LogP contribution in [0.15, 0.2) is 41.3 Å². The lowest BCUT2D eigenvalue weighted by Crippen LogP contribution is -2.29. The molecule has 1 aromatic carbocycles. The first kappa shape index (κ1) is 14.9. The third-order valence-electron chi connectivity index (χ3n) is 3.02. The topological polar surface area (TPSA) is 12.0 Å². The molecule has 1 nitrogen and oxygen atoms in total. The van der Waals surface area contributed by atoms with Gasteiger partial charge in [0.15, 0.2) is 0 Å². The summed E-state index contributed by atoms with van der Waals surface area (Å²) in [5.74, 6) is 1.07. The van der Waals surface area contributed by atoms with Gasteiger partial charge in [0.25, 0.3) is 0 Å². The molecule has 2 rings (SSSR count). The minimum Gasteiger partial charge on any atom is -0.316 e. The highest BCUT2D eigenvalue weighted by molar-refractivity contribution is 7.99. The van der Waals surface area contributed by atoms with Crippen LogP contribution in [-0.2, 0) is 6.42 Å². The zero-order valence-electron chi connectivity index (χ0n) is 11.2. The molecule has 0 amide bonds. The van der Waals surface area contributed by atoms with Gasteiger partial charge in [-0.05, 0) is 44.2 Å².